The van der Waals surface area contributed by atoms with E-state index in [0.717, 1.165) is 38.9 Å². The van der Waals surface area contributed by atoms with Gasteiger partial charge in [-0.3, -0.25) is 9.69 Å². The number of likely N-dealkylation sites (tertiary alicyclic amines) is 1. The predicted octanol–water partition coefficient (Wildman–Crippen LogP) is 1.70. The molecule has 21 heavy (non-hydrogen) atoms. The average Bonchev–Trinajstić information content (AvgIpc) is 3.02. The molecule has 0 bridgehead atoms. The molecule has 4 nitrogen and oxygen atoms in total. The molecule has 1 amide bonds. The third-order valence-electron chi connectivity index (χ3n) is 5.42. The number of allylic oxidation sites excluding steroid dienone is 1. The highest BCUT2D eigenvalue weighted by Gasteiger charge is 2.41. The Balaban J connectivity index is 1.34. The van der Waals surface area contributed by atoms with Gasteiger partial charge in [-0.1, -0.05) is 11.6 Å². The van der Waals surface area contributed by atoms with Crippen molar-refractivity contribution in [2.45, 2.75) is 51.0 Å². The van der Waals surface area contributed by atoms with Crippen LogP contribution in [0, 0.1) is 11.8 Å². The van der Waals surface area contributed by atoms with E-state index in [1.807, 2.05) is 0 Å². The molecule has 1 aliphatic heterocycles. The molecule has 4 heteroatoms. The zero-order valence-corrected chi connectivity index (χ0v) is 12.9. The summed E-state index contributed by atoms with van der Waals surface area (Å²) in [6.45, 7) is 3.15. The van der Waals surface area contributed by atoms with Crippen molar-refractivity contribution in [3.8, 4) is 0 Å². The first-order valence-electron chi connectivity index (χ1n) is 8.57. The molecular formula is C17H28N2O2. The minimum atomic E-state index is -0.138. The lowest BCUT2D eigenvalue weighted by molar-refractivity contribution is -0.122. The van der Waals surface area contributed by atoms with E-state index in [0.29, 0.717) is 18.4 Å². The van der Waals surface area contributed by atoms with E-state index in [2.05, 4.69) is 16.3 Å². The van der Waals surface area contributed by atoms with Crippen LogP contribution in [0.3, 0.4) is 0 Å². The molecule has 0 aromatic rings. The van der Waals surface area contributed by atoms with Crippen molar-refractivity contribution in [2.24, 2.45) is 11.8 Å². The van der Waals surface area contributed by atoms with Gasteiger partial charge in [0.25, 0.3) is 0 Å². The Kier molecular flexibility index (Phi) is 4.96. The fourth-order valence-electron chi connectivity index (χ4n) is 4.21. The molecular weight excluding hydrogens is 264 g/mol. The topological polar surface area (TPSA) is 52.6 Å². The molecule has 3 aliphatic rings. The number of hydrogen-bond acceptors (Lipinski definition) is 3. The smallest absolute Gasteiger partial charge is 0.234 e. The van der Waals surface area contributed by atoms with E-state index >= 15 is 0 Å². The van der Waals surface area contributed by atoms with Crippen molar-refractivity contribution in [1.82, 2.24) is 10.2 Å². The number of hydrogen-bond donors (Lipinski definition) is 2. The maximum Gasteiger partial charge on any atom is 0.234 e. The predicted molar refractivity (Wildman–Crippen MR) is 82.8 cm³/mol. The molecule has 118 valence electrons. The fourth-order valence-corrected chi connectivity index (χ4v) is 4.21. The van der Waals surface area contributed by atoms with E-state index in [-0.39, 0.29) is 12.0 Å². The number of rotatable bonds is 5. The normalized spacial score (nSPS) is 32.8. The van der Waals surface area contributed by atoms with Crippen molar-refractivity contribution < 1.29 is 9.90 Å². The summed E-state index contributed by atoms with van der Waals surface area (Å²) in [5.41, 5.74) is 1.51. The second-order valence-corrected chi connectivity index (χ2v) is 6.97. The largest absolute Gasteiger partial charge is 0.393 e. The van der Waals surface area contributed by atoms with Crippen LogP contribution < -0.4 is 5.32 Å². The molecule has 1 saturated carbocycles. The summed E-state index contributed by atoms with van der Waals surface area (Å²) in [7, 11) is 0. The van der Waals surface area contributed by atoms with Crippen LogP contribution in [0.4, 0.5) is 0 Å². The zero-order valence-electron chi connectivity index (χ0n) is 12.9. The van der Waals surface area contributed by atoms with Crippen LogP contribution in [0.5, 0.6) is 0 Å². The van der Waals surface area contributed by atoms with E-state index in [4.69, 9.17) is 0 Å². The lowest BCUT2D eigenvalue weighted by atomic mass is 9.97. The van der Waals surface area contributed by atoms with Gasteiger partial charge in [0, 0.05) is 25.6 Å². The highest BCUT2D eigenvalue weighted by molar-refractivity contribution is 5.78. The Labute approximate surface area is 127 Å². The molecule has 0 aromatic heterocycles. The zero-order chi connectivity index (χ0) is 14.7. The molecule has 1 saturated heterocycles. The monoisotopic (exact) mass is 292 g/mol. The second-order valence-electron chi connectivity index (χ2n) is 6.97. The standard InChI is InChI=1S/C17H28N2O2/c20-16-7-6-14-10-19(11-15(14)16)12-17(21)18-9-8-13-4-2-1-3-5-13/h4,14-16,20H,1-3,5-12H2,(H,18,21). The molecule has 2 N–H and O–H groups in total. The molecule has 3 rings (SSSR count). The van der Waals surface area contributed by atoms with Gasteiger partial charge < -0.3 is 10.4 Å². The van der Waals surface area contributed by atoms with Gasteiger partial charge in [-0.05, 0) is 50.9 Å². The van der Waals surface area contributed by atoms with Crippen molar-refractivity contribution in [3.05, 3.63) is 11.6 Å². The molecule has 1 heterocycles. The van der Waals surface area contributed by atoms with Crippen LogP contribution in [0.15, 0.2) is 11.6 Å². The van der Waals surface area contributed by atoms with Crippen LogP contribution in [0.2, 0.25) is 0 Å². The maximum atomic E-state index is 12.0. The summed E-state index contributed by atoms with van der Waals surface area (Å²) in [5.74, 6) is 1.16. The number of nitrogens with one attached hydrogen (secondary N) is 1. The highest BCUT2D eigenvalue weighted by atomic mass is 16.3. The van der Waals surface area contributed by atoms with Gasteiger partial charge in [0.1, 0.15) is 0 Å². The second kappa shape index (κ2) is 6.93. The first kappa shape index (κ1) is 15.0. The van der Waals surface area contributed by atoms with Crippen molar-refractivity contribution in [1.29, 1.82) is 0 Å². The van der Waals surface area contributed by atoms with E-state index in [1.54, 1.807) is 0 Å². The van der Waals surface area contributed by atoms with E-state index in [1.165, 1.54) is 31.3 Å². The number of nitrogens with zero attached hydrogens (tertiary/aromatic N) is 1. The van der Waals surface area contributed by atoms with Crippen molar-refractivity contribution in [3.63, 3.8) is 0 Å². The number of carbonyl (C=O) groups excluding carboxylic acids is 1. The number of aliphatic hydroxyl groups excluding tert-OH is 1. The molecule has 3 atom stereocenters. The Morgan fingerprint density at radius 2 is 2.24 bits per heavy atom. The molecule has 0 aromatic carbocycles. The van der Waals surface area contributed by atoms with Crippen molar-refractivity contribution >= 4 is 5.91 Å². The minimum absolute atomic E-state index is 0.138. The van der Waals surface area contributed by atoms with Gasteiger partial charge in [-0.2, -0.15) is 0 Å². The van der Waals surface area contributed by atoms with E-state index < -0.39 is 0 Å². The third-order valence-corrected chi connectivity index (χ3v) is 5.42. The summed E-state index contributed by atoms with van der Waals surface area (Å²) >= 11 is 0. The van der Waals surface area contributed by atoms with Crippen LogP contribution >= 0.6 is 0 Å². The maximum absolute atomic E-state index is 12.0. The first-order valence-corrected chi connectivity index (χ1v) is 8.57. The van der Waals surface area contributed by atoms with Gasteiger partial charge in [-0.25, -0.2) is 0 Å². The average molecular weight is 292 g/mol. The molecule has 2 fully saturated rings. The Morgan fingerprint density at radius 3 is 3.00 bits per heavy atom. The molecule has 0 spiro atoms. The number of carbonyl (C=O) groups is 1. The Bertz CT molecular complexity index is 408. The van der Waals surface area contributed by atoms with Gasteiger partial charge >= 0.3 is 0 Å². The molecule has 3 unspecified atom stereocenters. The molecule has 2 aliphatic carbocycles. The summed E-state index contributed by atoms with van der Waals surface area (Å²) < 4.78 is 0. The van der Waals surface area contributed by atoms with Crippen LogP contribution in [-0.2, 0) is 4.79 Å². The lowest BCUT2D eigenvalue weighted by Gasteiger charge is -2.18. The summed E-state index contributed by atoms with van der Waals surface area (Å²) in [5, 5.41) is 13.0. The first-order chi connectivity index (χ1) is 10.2. The number of fused-ring (bicyclic) bond motifs is 1. The van der Waals surface area contributed by atoms with Crippen LogP contribution in [-0.4, -0.2) is 48.2 Å². The summed E-state index contributed by atoms with van der Waals surface area (Å²) in [6.07, 6.45) is 10.3. The quantitative estimate of drug-likeness (QED) is 0.758. The van der Waals surface area contributed by atoms with Gasteiger partial charge in [-0.15, -0.1) is 0 Å². The fraction of sp³-hybridized carbons (Fsp3) is 0.824. The Hall–Kier alpha value is -0.870. The highest BCUT2D eigenvalue weighted by Crippen LogP contribution is 2.37. The summed E-state index contributed by atoms with van der Waals surface area (Å²) in [6, 6.07) is 0. The SMILES string of the molecule is O=C(CN1CC2CCC(O)C2C1)NCCC1=CCCCC1. The van der Waals surface area contributed by atoms with E-state index in [9.17, 15) is 9.90 Å². The van der Waals surface area contributed by atoms with Crippen LogP contribution in [0.25, 0.3) is 0 Å². The molecule has 0 radical (unpaired) electrons. The minimum Gasteiger partial charge on any atom is -0.393 e. The third kappa shape index (κ3) is 3.86. The van der Waals surface area contributed by atoms with Gasteiger partial charge in [0.2, 0.25) is 5.91 Å². The van der Waals surface area contributed by atoms with Gasteiger partial charge in [0.05, 0.1) is 12.6 Å². The number of aliphatic hydroxyl groups is 1. The summed E-state index contributed by atoms with van der Waals surface area (Å²) in [4.78, 5) is 14.2. The van der Waals surface area contributed by atoms with Crippen molar-refractivity contribution in [2.75, 3.05) is 26.2 Å². The van der Waals surface area contributed by atoms with Gasteiger partial charge in [0.15, 0.2) is 0 Å². The Morgan fingerprint density at radius 1 is 1.33 bits per heavy atom. The lowest BCUT2D eigenvalue weighted by Crippen LogP contribution is -2.37. The van der Waals surface area contributed by atoms with Crippen LogP contribution in [0.1, 0.15) is 44.9 Å². The number of amides is 1.